The molecule has 2 aromatic heterocycles. The third-order valence-electron chi connectivity index (χ3n) is 1.80. The quantitative estimate of drug-likeness (QED) is 0.727. The first kappa shape index (κ1) is 9.26. The Hall–Kier alpha value is -2.30. The average Bonchev–Trinajstić information content (AvgIpc) is 2.30. The standard InChI is InChI=1S/C10H7N3O2/c14-8(9-11-5-2-6-12-9)7-3-1-4-13-10(7)15/h1-6H,(H,13,15). The Labute approximate surface area is 85.5 Å². The molecule has 5 nitrogen and oxygen atoms in total. The van der Waals surface area contributed by atoms with Gasteiger partial charge in [0.2, 0.25) is 17.5 Å². The van der Waals surface area contributed by atoms with Crippen LogP contribution in [0.25, 0.3) is 0 Å². The number of ketones is 1. The SMILES string of the molecule is O=C(c1ncccn1)c1cccnc1O. The predicted octanol–water partition coefficient (Wildman–Crippen LogP) is 0.808. The first-order chi connectivity index (χ1) is 7.29. The zero-order chi connectivity index (χ0) is 10.7. The first-order valence-electron chi connectivity index (χ1n) is 4.25. The number of aromatic nitrogens is 3. The molecule has 2 rings (SSSR count). The third-order valence-corrected chi connectivity index (χ3v) is 1.80. The molecule has 2 heterocycles. The number of hydrogen-bond donors (Lipinski definition) is 1. The van der Waals surface area contributed by atoms with Gasteiger partial charge in [-0.25, -0.2) is 15.0 Å². The summed E-state index contributed by atoms with van der Waals surface area (Å²) in [5, 5.41) is 9.35. The number of hydrogen-bond acceptors (Lipinski definition) is 5. The maximum Gasteiger partial charge on any atom is 0.235 e. The number of aromatic hydroxyl groups is 1. The lowest BCUT2D eigenvalue weighted by atomic mass is 10.1. The molecular weight excluding hydrogens is 194 g/mol. The van der Waals surface area contributed by atoms with Gasteiger partial charge >= 0.3 is 0 Å². The minimum absolute atomic E-state index is 0.0424. The number of carbonyl (C=O) groups is 1. The Morgan fingerprint density at radius 3 is 2.40 bits per heavy atom. The summed E-state index contributed by atoms with van der Waals surface area (Å²) in [5.41, 5.74) is 0.101. The van der Waals surface area contributed by atoms with E-state index in [1.54, 1.807) is 12.1 Å². The summed E-state index contributed by atoms with van der Waals surface area (Å²) in [4.78, 5) is 22.9. The third kappa shape index (κ3) is 1.80. The van der Waals surface area contributed by atoms with Crippen molar-refractivity contribution in [2.75, 3.05) is 0 Å². The molecule has 0 bridgehead atoms. The molecule has 0 aliphatic carbocycles. The summed E-state index contributed by atoms with van der Waals surface area (Å²) in [6.45, 7) is 0. The molecule has 0 spiro atoms. The zero-order valence-electron chi connectivity index (χ0n) is 7.66. The Kier molecular flexibility index (Phi) is 2.37. The first-order valence-corrected chi connectivity index (χ1v) is 4.25. The van der Waals surface area contributed by atoms with Gasteiger partial charge in [-0.15, -0.1) is 0 Å². The van der Waals surface area contributed by atoms with Crippen LogP contribution < -0.4 is 0 Å². The molecule has 2 aromatic rings. The Bertz CT molecular complexity index is 485. The molecule has 0 amide bonds. The van der Waals surface area contributed by atoms with Crippen molar-refractivity contribution in [2.24, 2.45) is 0 Å². The predicted molar refractivity (Wildman–Crippen MR) is 51.4 cm³/mol. The molecule has 0 atom stereocenters. The highest BCUT2D eigenvalue weighted by Gasteiger charge is 2.15. The van der Waals surface area contributed by atoms with E-state index in [9.17, 15) is 9.90 Å². The monoisotopic (exact) mass is 201 g/mol. The van der Waals surface area contributed by atoms with Gasteiger partial charge in [0.1, 0.15) is 0 Å². The van der Waals surface area contributed by atoms with Gasteiger partial charge in [-0.2, -0.15) is 0 Å². The van der Waals surface area contributed by atoms with E-state index in [0.29, 0.717) is 0 Å². The fourth-order valence-corrected chi connectivity index (χ4v) is 1.11. The van der Waals surface area contributed by atoms with E-state index in [2.05, 4.69) is 15.0 Å². The van der Waals surface area contributed by atoms with Gasteiger partial charge in [0, 0.05) is 18.6 Å². The highest BCUT2D eigenvalue weighted by atomic mass is 16.3. The van der Waals surface area contributed by atoms with E-state index in [0.717, 1.165) is 0 Å². The van der Waals surface area contributed by atoms with Gasteiger partial charge in [0.25, 0.3) is 0 Å². The molecule has 1 N–H and O–H groups in total. The second-order valence-electron chi connectivity index (χ2n) is 2.78. The molecule has 0 unspecified atom stereocenters. The van der Waals surface area contributed by atoms with Crippen molar-refractivity contribution in [1.82, 2.24) is 15.0 Å². The van der Waals surface area contributed by atoms with Gasteiger partial charge in [0.15, 0.2) is 0 Å². The van der Waals surface area contributed by atoms with E-state index in [1.807, 2.05) is 0 Å². The Morgan fingerprint density at radius 1 is 1.07 bits per heavy atom. The lowest BCUT2D eigenvalue weighted by Crippen LogP contribution is -2.06. The average molecular weight is 201 g/mol. The lowest BCUT2D eigenvalue weighted by molar-refractivity contribution is 0.102. The molecule has 0 aliphatic rings. The van der Waals surface area contributed by atoms with Crippen LogP contribution in [0.2, 0.25) is 0 Å². The van der Waals surface area contributed by atoms with E-state index in [4.69, 9.17) is 0 Å². The zero-order valence-corrected chi connectivity index (χ0v) is 7.66. The highest BCUT2D eigenvalue weighted by Crippen LogP contribution is 2.14. The van der Waals surface area contributed by atoms with Crippen LogP contribution in [-0.2, 0) is 0 Å². The van der Waals surface area contributed by atoms with Crippen LogP contribution in [0.1, 0.15) is 16.2 Å². The van der Waals surface area contributed by atoms with E-state index >= 15 is 0 Å². The van der Waals surface area contributed by atoms with Crippen molar-refractivity contribution in [3.8, 4) is 5.88 Å². The van der Waals surface area contributed by atoms with Crippen LogP contribution in [0.3, 0.4) is 0 Å². The normalized spacial score (nSPS) is 9.87. The number of nitrogens with zero attached hydrogens (tertiary/aromatic N) is 3. The van der Waals surface area contributed by atoms with Crippen molar-refractivity contribution in [3.05, 3.63) is 48.2 Å². The minimum Gasteiger partial charge on any atom is -0.493 e. The Balaban J connectivity index is 2.42. The molecule has 0 aromatic carbocycles. The topological polar surface area (TPSA) is 76.0 Å². The fourth-order valence-electron chi connectivity index (χ4n) is 1.11. The summed E-state index contributed by atoms with van der Waals surface area (Å²) in [5.74, 6) is -0.711. The number of pyridine rings is 1. The molecule has 0 radical (unpaired) electrons. The molecule has 0 fully saturated rings. The smallest absolute Gasteiger partial charge is 0.235 e. The second kappa shape index (κ2) is 3.83. The van der Waals surface area contributed by atoms with Crippen molar-refractivity contribution < 1.29 is 9.90 Å². The van der Waals surface area contributed by atoms with Crippen LogP contribution in [0.4, 0.5) is 0 Å². The van der Waals surface area contributed by atoms with E-state index < -0.39 is 5.78 Å². The van der Waals surface area contributed by atoms with Crippen molar-refractivity contribution >= 4 is 5.78 Å². The van der Waals surface area contributed by atoms with Crippen LogP contribution in [0, 0.1) is 0 Å². The molecule has 74 valence electrons. The van der Waals surface area contributed by atoms with Gasteiger partial charge in [-0.05, 0) is 18.2 Å². The van der Waals surface area contributed by atoms with Crippen LogP contribution in [-0.4, -0.2) is 25.8 Å². The van der Waals surface area contributed by atoms with Crippen molar-refractivity contribution in [2.45, 2.75) is 0 Å². The van der Waals surface area contributed by atoms with Gasteiger partial charge in [0.05, 0.1) is 5.56 Å². The molecule has 0 saturated carbocycles. The summed E-state index contributed by atoms with van der Waals surface area (Å²) in [6, 6.07) is 4.65. The van der Waals surface area contributed by atoms with Gasteiger partial charge in [-0.1, -0.05) is 0 Å². The summed E-state index contributed by atoms with van der Waals surface area (Å²) >= 11 is 0. The fraction of sp³-hybridized carbons (Fsp3) is 0. The summed E-state index contributed by atoms with van der Waals surface area (Å²) in [6.07, 6.45) is 4.33. The largest absolute Gasteiger partial charge is 0.493 e. The summed E-state index contributed by atoms with van der Waals surface area (Å²) < 4.78 is 0. The van der Waals surface area contributed by atoms with Crippen LogP contribution >= 0.6 is 0 Å². The van der Waals surface area contributed by atoms with Crippen LogP contribution in [0.15, 0.2) is 36.8 Å². The minimum atomic E-state index is -0.443. The second-order valence-corrected chi connectivity index (χ2v) is 2.78. The van der Waals surface area contributed by atoms with Crippen LogP contribution in [0.5, 0.6) is 5.88 Å². The maximum absolute atomic E-state index is 11.7. The maximum atomic E-state index is 11.7. The molecule has 15 heavy (non-hydrogen) atoms. The van der Waals surface area contributed by atoms with E-state index in [-0.39, 0.29) is 17.3 Å². The van der Waals surface area contributed by atoms with E-state index in [1.165, 1.54) is 24.7 Å². The molecule has 0 saturated heterocycles. The van der Waals surface area contributed by atoms with Crippen molar-refractivity contribution in [1.29, 1.82) is 0 Å². The van der Waals surface area contributed by atoms with Gasteiger partial charge in [-0.3, -0.25) is 4.79 Å². The molecule has 5 heteroatoms. The molecule has 0 aliphatic heterocycles. The highest BCUT2D eigenvalue weighted by molar-refractivity contribution is 6.07. The number of rotatable bonds is 2. The lowest BCUT2D eigenvalue weighted by Gasteiger charge is -2.00. The van der Waals surface area contributed by atoms with Gasteiger partial charge < -0.3 is 5.11 Å². The summed E-state index contributed by atoms with van der Waals surface area (Å²) in [7, 11) is 0. The Morgan fingerprint density at radius 2 is 1.73 bits per heavy atom. The molecular formula is C10H7N3O2. The number of carbonyl (C=O) groups excluding carboxylic acids is 1. The van der Waals surface area contributed by atoms with Crippen molar-refractivity contribution in [3.63, 3.8) is 0 Å².